The summed E-state index contributed by atoms with van der Waals surface area (Å²) in [5.74, 6) is 0.985. The third-order valence-corrected chi connectivity index (χ3v) is 3.39. The summed E-state index contributed by atoms with van der Waals surface area (Å²) in [7, 11) is 0. The van der Waals surface area contributed by atoms with Gasteiger partial charge in [-0.3, -0.25) is 0 Å². The third kappa shape index (κ3) is 5.09. The van der Waals surface area contributed by atoms with Gasteiger partial charge in [0.2, 0.25) is 0 Å². The van der Waals surface area contributed by atoms with Crippen molar-refractivity contribution >= 4 is 0 Å². The molecular weight excluding hydrogens is 224 g/mol. The van der Waals surface area contributed by atoms with Crippen molar-refractivity contribution in [1.29, 1.82) is 0 Å². The van der Waals surface area contributed by atoms with Crippen LogP contribution in [0.4, 0.5) is 0 Å². The molecule has 1 N–H and O–H groups in total. The van der Waals surface area contributed by atoms with Crippen LogP contribution in [0.25, 0.3) is 0 Å². The third-order valence-electron chi connectivity index (χ3n) is 3.39. The minimum absolute atomic E-state index is 0.335. The summed E-state index contributed by atoms with van der Waals surface area (Å²) >= 11 is 0. The quantitative estimate of drug-likeness (QED) is 0.739. The summed E-state index contributed by atoms with van der Waals surface area (Å²) in [6.45, 7) is 7.77. The molecule has 2 heteroatoms. The van der Waals surface area contributed by atoms with Gasteiger partial charge < -0.3 is 9.84 Å². The molecule has 0 spiro atoms. The minimum atomic E-state index is 0.335. The molecule has 0 radical (unpaired) electrons. The smallest absolute Gasteiger partial charge is 0.121 e. The maximum absolute atomic E-state index is 9.72. The summed E-state index contributed by atoms with van der Waals surface area (Å²) < 4.78 is 5.75. The second kappa shape index (κ2) is 8.15. The molecule has 0 saturated heterocycles. The van der Waals surface area contributed by atoms with Gasteiger partial charge in [-0.05, 0) is 25.3 Å². The van der Waals surface area contributed by atoms with Gasteiger partial charge in [-0.1, -0.05) is 50.8 Å². The van der Waals surface area contributed by atoms with Crippen LogP contribution < -0.4 is 0 Å². The zero-order chi connectivity index (χ0) is 13.4. The molecule has 1 rings (SSSR count). The molecule has 2 nitrogen and oxygen atoms in total. The number of phenolic OH excluding ortho intramolecular Hbond substituents is 1. The molecule has 0 aliphatic carbocycles. The van der Waals surface area contributed by atoms with Gasteiger partial charge in [0.15, 0.2) is 0 Å². The van der Waals surface area contributed by atoms with Crippen LogP contribution >= 0.6 is 0 Å². The molecule has 0 aliphatic rings. The molecule has 1 aromatic carbocycles. The van der Waals surface area contributed by atoms with E-state index in [-0.39, 0.29) is 0 Å². The number of rotatable bonds is 8. The molecule has 0 aromatic heterocycles. The van der Waals surface area contributed by atoms with Crippen LogP contribution in [0.3, 0.4) is 0 Å². The van der Waals surface area contributed by atoms with Crippen LogP contribution in [0.1, 0.15) is 50.7 Å². The highest BCUT2D eigenvalue weighted by atomic mass is 16.5. The summed E-state index contributed by atoms with van der Waals surface area (Å²) in [5.41, 5.74) is 2.05. The van der Waals surface area contributed by atoms with Crippen LogP contribution in [0.15, 0.2) is 18.2 Å². The topological polar surface area (TPSA) is 29.5 Å². The molecule has 0 amide bonds. The Kier molecular flexibility index (Phi) is 6.81. The monoisotopic (exact) mass is 250 g/mol. The zero-order valence-electron chi connectivity index (χ0n) is 11.9. The van der Waals surface area contributed by atoms with Crippen LogP contribution in [0, 0.1) is 12.8 Å². The molecule has 1 atom stereocenters. The first-order chi connectivity index (χ1) is 8.67. The lowest BCUT2D eigenvalue weighted by molar-refractivity contribution is 0.0807. The van der Waals surface area contributed by atoms with Gasteiger partial charge in [0.05, 0.1) is 6.61 Å². The molecular formula is C16H26O2. The standard InChI is InChI=1S/C16H26O2/c1-4-6-7-14(5-2)11-18-12-15-10-13(3)8-9-16(15)17/h8-10,14,17H,4-7,11-12H2,1-3H3. The number of aromatic hydroxyl groups is 1. The fraction of sp³-hybridized carbons (Fsp3) is 0.625. The number of hydrogen-bond acceptors (Lipinski definition) is 2. The number of ether oxygens (including phenoxy) is 1. The lowest BCUT2D eigenvalue weighted by Gasteiger charge is -2.15. The van der Waals surface area contributed by atoms with Crippen LogP contribution in [0.2, 0.25) is 0 Å². The van der Waals surface area contributed by atoms with E-state index in [0.717, 1.165) is 17.7 Å². The summed E-state index contributed by atoms with van der Waals surface area (Å²) in [6, 6.07) is 5.64. The fourth-order valence-electron chi connectivity index (χ4n) is 2.06. The number of hydrogen-bond donors (Lipinski definition) is 1. The van der Waals surface area contributed by atoms with Crippen molar-refractivity contribution in [2.75, 3.05) is 6.61 Å². The van der Waals surface area contributed by atoms with Crippen LogP contribution in [-0.2, 0) is 11.3 Å². The van der Waals surface area contributed by atoms with Gasteiger partial charge in [0.25, 0.3) is 0 Å². The van der Waals surface area contributed by atoms with E-state index in [4.69, 9.17) is 4.74 Å². The Morgan fingerprint density at radius 3 is 2.72 bits per heavy atom. The van der Waals surface area contributed by atoms with E-state index < -0.39 is 0 Å². The fourth-order valence-corrected chi connectivity index (χ4v) is 2.06. The van der Waals surface area contributed by atoms with E-state index in [1.165, 1.54) is 25.7 Å². The van der Waals surface area contributed by atoms with Crippen molar-refractivity contribution < 1.29 is 9.84 Å². The van der Waals surface area contributed by atoms with Gasteiger partial charge in [-0.25, -0.2) is 0 Å². The van der Waals surface area contributed by atoms with E-state index in [1.54, 1.807) is 6.07 Å². The molecule has 0 heterocycles. The number of benzene rings is 1. The highest BCUT2D eigenvalue weighted by Gasteiger charge is 2.07. The van der Waals surface area contributed by atoms with Crippen molar-refractivity contribution in [1.82, 2.24) is 0 Å². The van der Waals surface area contributed by atoms with E-state index in [0.29, 0.717) is 18.3 Å². The van der Waals surface area contributed by atoms with Crippen LogP contribution in [-0.4, -0.2) is 11.7 Å². The molecule has 102 valence electrons. The van der Waals surface area contributed by atoms with E-state index >= 15 is 0 Å². The number of unbranched alkanes of at least 4 members (excludes halogenated alkanes) is 1. The van der Waals surface area contributed by atoms with Crippen molar-refractivity contribution in [2.24, 2.45) is 5.92 Å². The Bertz CT molecular complexity index is 347. The van der Waals surface area contributed by atoms with E-state index in [2.05, 4.69) is 13.8 Å². The van der Waals surface area contributed by atoms with E-state index in [1.807, 2.05) is 19.1 Å². The first-order valence-corrected chi connectivity index (χ1v) is 7.03. The van der Waals surface area contributed by atoms with Gasteiger partial charge >= 0.3 is 0 Å². The normalized spacial score (nSPS) is 12.6. The van der Waals surface area contributed by atoms with Crippen molar-refractivity contribution in [2.45, 2.75) is 53.1 Å². The van der Waals surface area contributed by atoms with Crippen molar-refractivity contribution in [3.8, 4) is 5.75 Å². The second-order valence-electron chi connectivity index (χ2n) is 5.06. The predicted octanol–water partition coefficient (Wildman–Crippen LogP) is 4.43. The van der Waals surface area contributed by atoms with Gasteiger partial charge in [-0.15, -0.1) is 0 Å². The SMILES string of the molecule is CCCCC(CC)COCc1cc(C)ccc1O. The van der Waals surface area contributed by atoms with Crippen LogP contribution in [0.5, 0.6) is 5.75 Å². The number of phenols is 1. The molecule has 1 aromatic rings. The first-order valence-electron chi connectivity index (χ1n) is 7.03. The van der Waals surface area contributed by atoms with E-state index in [9.17, 15) is 5.11 Å². The van der Waals surface area contributed by atoms with Gasteiger partial charge in [-0.2, -0.15) is 0 Å². The minimum Gasteiger partial charge on any atom is -0.508 e. The Labute approximate surface area is 111 Å². The average molecular weight is 250 g/mol. The van der Waals surface area contributed by atoms with Crippen molar-refractivity contribution in [3.63, 3.8) is 0 Å². The zero-order valence-corrected chi connectivity index (χ0v) is 11.9. The number of aryl methyl sites for hydroxylation is 1. The molecule has 1 unspecified atom stereocenters. The molecule has 0 bridgehead atoms. The average Bonchev–Trinajstić information content (AvgIpc) is 2.37. The van der Waals surface area contributed by atoms with Gasteiger partial charge in [0, 0.05) is 12.2 Å². The highest BCUT2D eigenvalue weighted by Crippen LogP contribution is 2.20. The largest absolute Gasteiger partial charge is 0.508 e. The molecule has 0 fully saturated rings. The lowest BCUT2D eigenvalue weighted by Crippen LogP contribution is -2.09. The molecule has 0 aliphatic heterocycles. The highest BCUT2D eigenvalue weighted by molar-refractivity contribution is 5.35. The molecule has 18 heavy (non-hydrogen) atoms. The maximum Gasteiger partial charge on any atom is 0.121 e. The summed E-state index contributed by atoms with van der Waals surface area (Å²) in [6.07, 6.45) is 4.93. The Morgan fingerprint density at radius 2 is 2.06 bits per heavy atom. The maximum atomic E-state index is 9.72. The summed E-state index contributed by atoms with van der Waals surface area (Å²) in [5, 5.41) is 9.72. The second-order valence-corrected chi connectivity index (χ2v) is 5.06. The first kappa shape index (κ1) is 15.0. The lowest BCUT2D eigenvalue weighted by atomic mass is 10.0. The Morgan fingerprint density at radius 1 is 1.28 bits per heavy atom. The Balaban J connectivity index is 2.37. The van der Waals surface area contributed by atoms with Crippen molar-refractivity contribution in [3.05, 3.63) is 29.3 Å². The summed E-state index contributed by atoms with van der Waals surface area (Å²) in [4.78, 5) is 0. The van der Waals surface area contributed by atoms with Gasteiger partial charge in [0.1, 0.15) is 5.75 Å². The predicted molar refractivity (Wildman–Crippen MR) is 75.8 cm³/mol. The Hall–Kier alpha value is -1.02. The molecule has 0 saturated carbocycles.